The predicted octanol–water partition coefficient (Wildman–Crippen LogP) is 2.60. The molecule has 2 rings (SSSR count). The molecule has 1 fully saturated rings. The molecule has 1 aliphatic heterocycles. The van der Waals surface area contributed by atoms with E-state index < -0.39 is 0 Å². The van der Waals surface area contributed by atoms with E-state index in [0.717, 1.165) is 44.3 Å². The third-order valence-electron chi connectivity index (χ3n) is 4.15. The molecule has 1 saturated heterocycles. The summed E-state index contributed by atoms with van der Waals surface area (Å²) in [5, 5.41) is 7.05. The lowest BCUT2D eigenvalue weighted by molar-refractivity contribution is 0.0953. The van der Waals surface area contributed by atoms with E-state index in [4.69, 9.17) is 4.99 Å². The normalized spacial score (nSPS) is 18.1. The number of carbonyl (C=O) groups is 1. The number of nitrogens with one attached hydrogen (secondary N) is 2. The van der Waals surface area contributed by atoms with Gasteiger partial charge < -0.3 is 15.5 Å². The zero-order valence-electron chi connectivity index (χ0n) is 15.3. The van der Waals surface area contributed by atoms with E-state index in [1.165, 1.54) is 6.42 Å². The fourth-order valence-electron chi connectivity index (χ4n) is 2.74. The summed E-state index contributed by atoms with van der Waals surface area (Å²) >= 11 is 2.06. The number of amides is 1. The average molecular weight is 363 g/mol. The maximum absolute atomic E-state index is 12.0. The molecule has 1 unspecified atom stereocenters. The summed E-state index contributed by atoms with van der Waals surface area (Å²) in [7, 11) is 0. The molecule has 1 aliphatic rings. The second kappa shape index (κ2) is 11.0. The number of nitrogens with zero attached hydrogens (tertiary/aromatic N) is 2. The first kappa shape index (κ1) is 19.6. The molecule has 0 radical (unpaired) electrons. The molecule has 1 amide bonds. The van der Waals surface area contributed by atoms with E-state index >= 15 is 0 Å². The van der Waals surface area contributed by atoms with Gasteiger partial charge in [-0.15, -0.1) is 0 Å². The van der Waals surface area contributed by atoms with Crippen molar-refractivity contribution in [2.75, 3.05) is 38.5 Å². The number of carbonyl (C=O) groups excluding carboxylic acids is 1. The van der Waals surface area contributed by atoms with Gasteiger partial charge in [-0.05, 0) is 31.9 Å². The Hall–Kier alpha value is -1.69. The van der Waals surface area contributed by atoms with Crippen molar-refractivity contribution in [3.05, 3.63) is 35.9 Å². The van der Waals surface area contributed by atoms with Crippen molar-refractivity contribution < 1.29 is 4.79 Å². The minimum Gasteiger partial charge on any atom is -0.357 e. The second-order valence-electron chi connectivity index (χ2n) is 6.06. The highest BCUT2D eigenvalue weighted by atomic mass is 32.2. The number of thioether (sulfide) groups is 1. The smallest absolute Gasteiger partial charge is 0.251 e. The van der Waals surface area contributed by atoms with Crippen molar-refractivity contribution in [2.45, 2.75) is 31.9 Å². The third kappa shape index (κ3) is 6.61. The molecular formula is C19H30N4OS. The van der Waals surface area contributed by atoms with E-state index in [2.05, 4.69) is 41.1 Å². The third-order valence-corrected chi connectivity index (χ3v) is 5.52. The van der Waals surface area contributed by atoms with Crippen LogP contribution in [0.3, 0.4) is 0 Å². The van der Waals surface area contributed by atoms with Gasteiger partial charge in [-0.25, -0.2) is 0 Å². The Morgan fingerprint density at radius 2 is 2.08 bits per heavy atom. The summed E-state index contributed by atoms with van der Waals surface area (Å²) in [5.41, 5.74) is 0.704. The van der Waals surface area contributed by atoms with E-state index in [1.54, 1.807) is 0 Å². The van der Waals surface area contributed by atoms with Crippen LogP contribution in [0.15, 0.2) is 35.3 Å². The standard InChI is InChI=1S/C19H30N4OS/c1-3-17-15-23(13-14-25-17)19(20-4-2)22-12-8-11-21-18(24)16-9-6-5-7-10-16/h5-7,9-10,17H,3-4,8,11-15H2,1-2H3,(H,20,22)(H,21,24). The number of hydrogen-bond donors (Lipinski definition) is 2. The Morgan fingerprint density at radius 1 is 1.28 bits per heavy atom. The fourth-order valence-corrected chi connectivity index (χ4v) is 3.92. The summed E-state index contributed by atoms with van der Waals surface area (Å²) in [4.78, 5) is 19.1. The Labute approximate surface area is 155 Å². The van der Waals surface area contributed by atoms with Gasteiger partial charge in [0.05, 0.1) is 0 Å². The molecule has 0 aliphatic carbocycles. The summed E-state index contributed by atoms with van der Waals surface area (Å²) in [6.45, 7) is 8.72. The highest BCUT2D eigenvalue weighted by Crippen LogP contribution is 2.21. The van der Waals surface area contributed by atoms with Crippen LogP contribution < -0.4 is 10.6 Å². The van der Waals surface area contributed by atoms with Crippen molar-refractivity contribution in [2.24, 2.45) is 4.99 Å². The van der Waals surface area contributed by atoms with Crippen LogP contribution in [0, 0.1) is 0 Å². The minimum absolute atomic E-state index is 0.0182. The predicted molar refractivity (Wildman–Crippen MR) is 107 cm³/mol. The van der Waals surface area contributed by atoms with Crippen LogP contribution in [-0.2, 0) is 0 Å². The minimum atomic E-state index is -0.0182. The van der Waals surface area contributed by atoms with Gasteiger partial charge in [0.1, 0.15) is 0 Å². The summed E-state index contributed by atoms with van der Waals surface area (Å²) in [5.74, 6) is 2.15. The van der Waals surface area contributed by atoms with Gasteiger partial charge >= 0.3 is 0 Å². The first-order chi connectivity index (χ1) is 12.2. The van der Waals surface area contributed by atoms with Crippen molar-refractivity contribution in [3.63, 3.8) is 0 Å². The molecule has 0 aromatic heterocycles. The molecule has 1 heterocycles. The average Bonchev–Trinajstić information content (AvgIpc) is 2.67. The monoisotopic (exact) mass is 362 g/mol. The second-order valence-corrected chi connectivity index (χ2v) is 7.47. The van der Waals surface area contributed by atoms with Gasteiger partial charge in [-0.2, -0.15) is 11.8 Å². The zero-order chi connectivity index (χ0) is 17.9. The maximum Gasteiger partial charge on any atom is 0.251 e. The van der Waals surface area contributed by atoms with Crippen LogP contribution in [-0.4, -0.2) is 60.5 Å². The Balaban J connectivity index is 1.76. The largest absolute Gasteiger partial charge is 0.357 e. The molecule has 6 heteroatoms. The molecular weight excluding hydrogens is 332 g/mol. The molecule has 0 saturated carbocycles. The highest BCUT2D eigenvalue weighted by molar-refractivity contribution is 8.00. The van der Waals surface area contributed by atoms with Gasteiger partial charge in [0.2, 0.25) is 0 Å². The Kier molecular flexibility index (Phi) is 8.66. The maximum atomic E-state index is 12.0. The van der Waals surface area contributed by atoms with E-state index in [9.17, 15) is 4.79 Å². The lowest BCUT2D eigenvalue weighted by Crippen LogP contribution is -2.48. The topological polar surface area (TPSA) is 56.7 Å². The first-order valence-electron chi connectivity index (χ1n) is 9.22. The van der Waals surface area contributed by atoms with Crippen LogP contribution in [0.5, 0.6) is 0 Å². The molecule has 2 N–H and O–H groups in total. The van der Waals surface area contributed by atoms with Gasteiger partial charge in [0.25, 0.3) is 5.91 Å². The Morgan fingerprint density at radius 3 is 2.80 bits per heavy atom. The molecule has 0 bridgehead atoms. The highest BCUT2D eigenvalue weighted by Gasteiger charge is 2.21. The molecule has 5 nitrogen and oxygen atoms in total. The van der Waals surface area contributed by atoms with Crippen molar-refractivity contribution in [1.29, 1.82) is 0 Å². The van der Waals surface area contributed by atoms with Crippen LogP contribution >= 0.6 is 11.8 Å². The van der Waals surface area contributed by atoms with E-state index in [0.29, 0.717) is 17.4 Å². The van der Waals surface area contributed by atoms with Gasteiger partial charge in [-0.3, -0.25) is 9.79 Å². The quantitative estimate of drug-likeness (QED) is 0.445. The molecule has 1 atom stereocenters. The lowest BCUT2D eigenvalue weighted by Gasteiger charge is -2.34. The van der Waals surface area contributed by atoms with Crippen LogP contribution in [0.25, 0.3) is 0 Å². The molecule has 0 spiro atoms. The van der Waals surface area contributed by atoms with Crippen LogP contribution in [0.1, 0.15) is 37.0 Å². The van der Waals surface area contributed by atoms with E-state index in [-0.39, 0.29) is 5.91 Å². The zero-order valence-corrected chi connectivity index (χ0v) is 16.1. The summed E-state index contributed by atoms with van der Waals surface area (Å²) < 4.78 is 0. The van der Waals surface area contributed by atoms with Crippen LogP contribution in [0.2, 0.25) is 0 Å². The Bertz CT molecular complexity index is 550. The SMILES string of the molecule is CCNC(=NCCCNC(=O)c1ccccc1)N1CCSC(CC)C1. The van der Waals surface area contributed by atoms with Crippen LogP contribution in [0.4, 0.5) is 0 Å². The number of rotatable bonds is 7. The van der Waals surface area contributed by atoms with Gasteiger partial charge in [0.15, 0.2) is 5.96 Å². The van der Waals surface area contributed by atoms with E-state index in [1.807, 2.05) is 30.3 Å². The van der Waals surface area contributed by atoms with Gasteiger partial charge in [-0.1, -0.05) is 25.1 Å². The summed E-state index contributed by atoms with van der Waals surface area (Å²) in [6, 6.07) is 9.32. The number of aliphatic imine (C=N–C) groups is 1. The number of hydrogen-bond acceptors (Lipinski definition) is 3. The molecule has 1 aromatic rings. The summed E-state index contributed by atoms with van der Waals surface area (Å²) in [6.07, 6.45) is 2.04. The first-order valence-corrected chi connectivity index (χ1v) is 10.3. The van der Waals surface area contributed by atoms with Crippen molar-refractivity contribution in [1.82, 2.24) is 15.5 Å². The van der Waals surface area contributed by atoms with Gasteiger partial charge in [0, 0.05) is 49.3 Å². The van der Waals surface area contributed by atoms with Crippen molar-refractivity contribution in [3.8, 4) is 0 Å². The molecule has 1 aromatic carbocycles. The number of benzene rings is 1. The lowest BCUT2D eigenvalue weighted by atomic mass is 10.2. The van der Waals surface area contributed by atoms with Crippen molar-refractivity contribution >= 4 is 23.6 Å². The molecule has 25 heavy (non-hydrogen) atoms. The fraction of sp³-hybridized carbons (Fsp3) is 0.579. The number of guanidine groups is 1. The molecule has 138 valence electrons.